The summed E-state index contributed by atoms with van der Waals surface area (Å²) in [4.78, 5) is 18.4. The molecule has 10 nitrogen and oxygen atoms in total. The first kappa shape index (κ1) is 21.7. The minimum absolute atomic E-state index is 0.103. The molecule has 1 aliphatic rings. The van der Waals surface area contributed by atoms with Gasteiger partial charge in [0, 0.05) is 43.3 Å². The number of piperazine rings is 1. The van der Waals surface area contributed by atoms with Crippen LogP contribution in [0.5, 0.6) is 5.75 Å². The molecule has 154 valence electrons. The lowest BCUT2D eigenvalue weighted by Gasteiger charge is -2.35. The highest BCUT2D eigenvalue weighted by Crippen LogP contribution is 2.26. The summed E-state index contributed by atoms with van der Waals surface area (Å²) in [6, 6.07) is 4.03. The molecule has 1 aliphatic heterocycles. The Bertz CT molecular complexity index is 872. The van der Waals surface area contributed by atoms with Crippen molar-refractivity contribution in [2.75, 3.05) is 26.2 Å². The third kappa shape index (κ3) is 7.22. The van der Waals surface area contributed by atoms with E-state index in [1.807, 2.05) is 4.90 Å². The molecule has 1 amide bonds. The Hall–Kier alpha value is -2.56. The van der Waals surface area contributed by atoms with Crippen LogP contribution in [-0.2, 0) is 21.8 Å². The van der Waals surface area contributed by atoms with Gasteiger partial charge in [-0.15, -0.1) is 0 Å². The van der Waals surface area contributed by atoms with Crippen LogP contribution >= 0.6 is 0 Å². The summed E-state index contributed by atoms with van der Waals surface area (Å²) >= 11 is 0. The van der Waals surface area contributed by atoms with E-state index in [-0.39, 0.29) is 17.5 Å². The average molecular weight is 415 g/mol. The van der Waals surface area contributed by atoms with Crippen molar-refractivity contribution < 1.29 is 26.0 Å². The second-order valence-electron chi connectivity index (χ2n) is 7.24. The van der Waals surface area contributed by atoms with Crippen LogP contribution in [0.2, 0.25) is 0 Å². The van der Waals surface area contributed by atoms with E-state index in [0.717, 1.165) is 6.07 Å². The zero-order chi connectivity index (χ0) is 20.9. The van der Waals surface area contributed by atoms with Crippen LogP contribution in [0.4, 0.5) is 14.4 Å². The van der Waals surface area contributed by atoms with Gasteiger partial charge in [-0.1, -0.05) is 9.00 Å². The van der Waals surface area contributed by atoms with Crippen molar-refractivity contribution in [3.05, 3.63) is 34.2 Å². The topological polar surface area (TPSA) is 125 Å². The summed E-state index contributed by atoms with van der Waals surface area (Å²) in [7, 11) is -5.20. The van der Waals surface area contributed by atoms with Gasteiger partial charge in [-0.05, 0) is 50.1 Å². The Morgan fingerprint density at radius 3 is 2.43 bits per heavy atom. The van der Waals surface area contributed by atoms with Crippen LogP contribution in [0.3, 0.4) is 0 Å². The van der Waals surface area contributed by atoms with Gasteiger partial charge in [-0.3, -0.25) is 4.90 Å². The number of hydrogen-bond acceptors (Lipinski definition) is 7. The average Bonchev–Trinajstić information content (AvgIpc) is 2.52. The molecule has 12 heteroatoms. The fourth-order valence-corrected chi connectivity index (χ4v) is 3.01. The Balaban J connectivity index is 2.04. The van der Waals surface area contributed by atoms with Crippen LogP contribution in [0.1, 0.15) is 26.3 Å². The van der Waals surface area contributed by atoms with E-state index in [9.17, 15) is 17.1 Å². The molecule has 1 heterocycles. The molecule has 0 unspecified atom stereocenters. The SMILES string of the molecule is CC(C)(C)OC(=O)N1CCN(Cc2cc(N=[N+]=[N-])cc(OS(=O)(=O)F)c2)CC1. The minimum Gasteiger partial charge on any atom is -0.444 e. The molecule has 1 saturated heterocycles. The Morgan fingerprint density at radius 2 is 1.89 bits per heavy atom. The van der Waals surface area contributed by atoms with Gasteiger partial charge in [0.1, 0.15) is 11.4 Å². The van der Waals surface area contributed by atoms with Crippen molar-refractivity contribution in [3.8, 4) is 5.75 Å². The molecule has 1 aromatic carbocycles. The summed E-state index contributed by atoms with van der Waals surface area (Å²) in [6.45, 7) is 7.82. The lowest BCUT2D eigenvalue weighted by molar-refractivity contribution is 0.0139. The monoisotopic (exact) mass is 415 g/mol. The molecule has 1 fully saturated rings. The van der Waals surface area contributed by atoms with Crippen molar-refractivity contribution in [2.45, 2.75) is 32.9 Å². The first-order valence-corrected chi connectivity index (χ1v) is 9.79. The zero-order valence-corrected chi connectivity index (χ0v) is 16.6. The zero-order valence-electron chi connectivity index (χ0n) is 15.8. The summed E-state index contributed by atoms with van der Waals surface area (Å²) < 4.78 is 43.8. The summed E-state index contributed by atoms with van der Waals surface area (Å²) in [6.07, 6.45) is -0.374. The van der Waals surface area contributed by atoms with Gasteiger partial charge in [-0.2, -0.15) is 8.42 Å². The van der Waals surface area contributed by atoms with E-state index in [2.05, 4.69) is 14.2 Å². The molecule has 0 bridgehead atoms. The molecule has 0 atom stereocenters. The van der Waals surface area contributed by atoms with Gasteiger partial charge in [0.25, 0.3) is 0 Å². The largest absolute Gasteiger partial charge is 0.488 e. The predicted molar refractivity (Wildman–Crippen MR) is 99.0 cm³/mol. The van der Waals surface area contributed by atoms with Crippen molar-refractivity contribution >= 4 is 22.3 Å². The lowest BCUT2D eigenvalue weighted by atomic mass is 10.1. The molecule has 0 aromatic heterocycles. The number of nitrogens with zero attached hydrogens (tertiary/aromatic N) is 5. The van der Waals surface area contributed by atoms with Crippen LogP contribution < -0.4 is 4.18 Å². The normalized spacial score (nSPS) is 15.6. The first-order chi connectivity index (χ1) is 12.9. The number of benzene rings is 1. The van der Waals surface area contributed by atoms with Gasteiger partial charge < -0.3 is 13.8 Å². The molecular weight excluding hydrogens is 393 g/mol. The molecule has 0 saturated carbocycles. The maximum absolute atomic E-state index is 12.8. The van der Waals surface area contributed by atoms with Crippen molar-refractivity contribution in [1.82, 2.24) is 9.80 Å². The summed E-state index contributed by atoms with van der Waals surface area (Å²) in [5.74, 6) is -0.283. The number of amides is 1. The first-order valence-electron chi connectivity index (χ1n) is 8.48. The van der Waals surface area contributed by atoms with Crippen LogP contribution in [0.25, 0.3) is 10.4 Å². The van der Waals surface area contributed by atoms with Gasteiger partial charge >= 0.3 is 16.6 Å². The number of carbonyl (C=O) groups excluding carboxylic acids is 1. The number of halogens is 1. The molecule has 0 spiro atoms. The minimum atomic E-state index is -5.20. The third-order valence-electron chi connectivity index (χ3n) is 3.74. The second kappa shape index (κ2) is 8.63. The Kier molecular flexibility index (Phi) is 6.70. The fraction of sp³-hybridized carbons (Fsp3) is 0.562. The van der Waals surface area contributed by atoms with E-state index in [1.165, 1.54) is 6.07 Å². The van der Waals surface area contributed by atoms with Crippen molar-refractivity contribution in [1.29, 1.82) is 0 Å². The second-order valence-corrected chi connectivity index (χ2v) is 8.20. The van der Waals surface area contributed by atoms with E-state index < -0.39 is 16.1 Å². The van der Waals surface area contributed by atoms with Crippen molar-refractivity contribution in [2.24, 2.45) is 5.11 Å². The smallest absolute Gasteiger partial charge is 0.444 e. The highest BCUT2D eigenvalue weighted by molar-refractivity contribution is 7.81. The summed E-state index contributed by atoms with van der Waals surface area (Å²) in [5.41, 5.74) is 8.70. The lowest BCUT2D eigenvalue weighted by Crippen LogP contribution is -2.49. The molecule has 2 rings (SSSR count). The summed E-state index contributed by atoms with van der Waals surface area (Å²) in [5, 5.41) is 3.42. The van der Waals surface area contributed by atoms with Crippen LogP contribution in [0, 0.1) is 0 Å². The molecular formula is C16H22FN5O5S. The van der Waals surface area contributed by atoms with Gasteiger partial charge in [0.2, 0.25) is 0 Å². The van der Waals surface area contributed by atoms with Gasteiger partial charge in [-0.25, -0.2) is 4.79 Å². The quantitative estimate of drug-likeness (QED) is 0.314. The fourth-order valence-electron chi connectivity index (χ4n) is 2.68. The maximum atomic E-state index is 12.8. The van der Waals surface area contributed by atoms with Gasteiger partial charge in [0.05, 0.1) is 0 Å². The van der Waals surface area contributed by atoms with Crippen molar-refractivity contribution in [3.63, 3.8) is 0 Å². The number of azide groups is 1. The molecule has 0 aliphatic carbocycles. The van der Waals surface area contributed by atoms with E-state index in [4.69, 9.17) is 10.3 Å². The standard InChI is InChI=1S/C16H22FN5O5S/c1-16(2,3)26-15(23)22-6-4-21(5-7-22)11-12-8-13(19-20-18)10-14(9-12)27-28(17,24)25/h8-10H,4-7,11H2,1-3H3. The third-order valence-corrected chi connectivity index (χ3v) is 4.13. The highest BCUT2D eigenvalue weighted by atomic mass is 32.3. The number of hydrogen-bond donors (Lipinski definition) is 0. The van der Waals surface area contributed by atoms with E-state index in [0.29, 0.717) is 38.3 Å². The number of carbonyl (C=O) groups is 1. The predicted octanol–water partition coefficient (Wildman–Crippen LogP) is 3.27. The molecule has 0 radical (unpaired) electrons. The molecule has 28 heavy (non-hydrogen) atoms. The van der Waals surface area contributed by atoms with E-state index in [1.54, 1.807) is 31.7 Å². The van der Waals surface area contributed by atoms with E-state index >= 15 is 0 Å². The molecule has 1 aromatic rings. The Morgan fingerprint density at radius 1 is 1.25 bits per heavy atom. The maximum Gasteiger partial charge on any atom is 0.488 e. The molecule has 0 N–H and O–H groups in total. The van der Waals surface area contributed by atoms with Crippen LogP contribution in [-0.4, -0.2) is 56.1 Å². The Labute approximate surface area is 162 Å². The number of rotatable bonds is 5. The van der Waals surface area contributed by atoms with Crippen LogP contribution in [0.15, 0.2) is 23.3 Å². The highest BCUT2D eigenvalue weighted by Gasteiger charge is 2.26. The van der Waals surface area contributed by atoms with Gasteiger partial charge in [0.15, 0.2) is 0 Å². The number of ether oxygens (including phenoxy) is 1.